The van der Waals surface area contributed by atoms with Crippen molar-refractivity contribution in [2.45, 2.75) is 50.5 Å². The third-order valence-corrected chi connectivity index (χ3v) is 7.85. The van der Waals surface area contributed by atoms with E-state index in [0.717, 1.165) is 81.0 Å². The summed E-state index contributed by atoms with van der Waals surface area (Å²) in [5.41, 5.74) is 2.31. The zero-order chi connectivity index (χ0) is 23.9. The van der Waals surface area contributed by atoms with Gasteiger partial charge in [-0.15, -0.1) is 10.2 Å². The van der Waals surface area contributed by atoms with Crippen molar-refractivity contribution in [2.24, 2.45) is 0 Å². The summed E-state index contributed by atoms with van der Waals surface area (Å²) >= 11 is 6.41. The molecule has 2 saturated heterocycles. The van der Waals surface area contributed by atoms with Gasteiger partial charge < -0.3 is 14.8 Å². The van der Waals surface area contributed by atoms with E-state index in [9.17, 15) is 4.39 Å². The summed E-state index contributed by atoms with van der Waals surface area (Å²) in [5, 5.41) is 13.3. The van der Waals surface area contributed by atoms with Crippen LogP contribution in [-0.4, -0.2) is 70.2 Å². The van der Waals surface area contributed by atoms with E-state index < -0.39 is 0 Å². The number of nitrogens with zero attached hydrogens (tertiary/aromatic N) is 5. The third kappa shape index (κ3) is 4.35. The quantitative estimate of drug-likeness (QED) is 0.689. The monoisotopic (exact) mass is 500 g/mol. The molecule has 0 amide bonds. The Bertz CT molecular complexity index is 1150. The van der Waals surface area contributed by atoms with Crippen LogP contribution in [0.15, 0.2) is 42.1 Å². The molecule has 4 aliphatic rings. The molecule has 4 aliphatic heterocycles. The fourth-order valence-corrected chi connectivity index (χ4v) is 5.89. The fraction of sp³-hybridized carbons (Fsp3) is 0.520. The van der Waals surface area contributed by atoms with Crippen LogP contribution >= 0.6 is 11.6 Å². The van der Waals surface area contributed by atoms with Crippen LogP contribution < -0.4 is 5.32 Å². The number of ether oxygens (including phenoxy) is 2. The minimum atomic E-state index is -0.373. The first-order valence-corrected chi connectivity index (χ1v) is 12.6. The number of hydrogen-bond acceptors (Lipinski definition) is 7. The SMILES string of the molecule is COC1=CC(N2CCC(c3nnc4n3-c3ccc(Cl)cc3CN([C@@H]3CCOC3)C4)CC2)NC=C1F. The van der Waals surface area contributed by atoms with Gasteiger partial charge in [0.15, 0.2) is 17.4 Å². The first kappa shape index (κ1) is 23.0. The van der Waals surface area contributed by atoms with Crippen LogP contribution in [0.4, 0.5) is 4.39 Å². The number of rotatable bonds is 4. The van der Waals surface area contributed by atoms with Gasteiger partial charge in [-0.2, -0.15) is 0 Å². The van der Waals surface area contributed by atoms with Gasteiger partial charge in [0.2, 0.25) is 0 Å². The number of fused-ring (bicyclic) bond motifs is 3. The minimum Gasteiger partial charge on any atom is -0.494 e. The predicted octanol–water partition coefficient (Wildman–Crippen LogP) is 3.48. The van der Waals surface area contributed by atoms with E-state index in [1.807, 2.05) is 6.07 Å². The molecule has 1 aromatic heterocycles. The number of piperidine rings is 1. The smallest absolute Gasteiger partial charge is 0.180 e. The lowest BCUT2D eigenvalue weighted by Crippen LogP contribution is -2.47. The molecule has 0 saturated carbocycles. The molecule has 8 nitrogen and oxygen atoms in total. The molecule has 2 fully saturated rings. The van der Waals surface area contributed by atoms with Crippen molar-refractivity contribution in [3.05, 3.63) is 64.3 Å². The summed E-state index contributed by atoms with van der Waals surface area (Å²) in [6.45, 7) is 4.85. The minimum absolute atomic E-state index is 0.0778. The summed E-state index contributed by atoms with van der Waals surface area (Å²) < 4.78 is 27.0. The Morgan fingerprint density at radius 1 is 1.14 bits per heavy atom. The van der Waals surface area contributed by atoms with Crippen molar-refractivity contribution in [1.29, 1.82) is 0 Å². The van der Waals surface area contributed by atoms with Crippen LogP contribution in [0.1, 0.15) is 42.4 Å². The number of halogens is 2. The second-order valence-electron chi connectivity index (χ2n) is 9.65. The van der Waals surface area contributed by atoms with E-state index in [1.165, 1.54) is 18.9 Å². The number of methoxy groups -OCH3 is 1. The Morgan fingerprint density at radius 3 is 2.77 bits per heavy atom. The fourth-order valence-electron chi connectivity index (χ4n) is 5.70. The average molecular weight is 501 g/mol. The molecule has 0 aliphatic carbocycles. The molecule has 35 heavy (non-hydrogen) atoms. The average Bonchev–Trinajstić information content (AvgIpc) is 3.52. The number of benzene rings is 1. The topological polar surface area (TPSA) is 67.7 Å². The Kier molecular flexibility index (Phi) is 6.26. The molecule has 2 aromatic rings. The molecular weight excluding hydrogens is 471 g/mol. The van der Waals surface area contributed by atoms with Gasteiger partial charge in [0.05, 0.1) is 25.9 Å². The van der Waals surface area contributed by atoms with Gasteiger partial charge >= 0.3 is 0 Å². The zero-order valence-corrected chi connectivity index (χ0v) is 20.5. The first-order chi connectivity index (χ1) is 17.1. The predicted molar refractivity (Wildman–Crippen MR) is 130 cm³/mol. The third-order valence-electron chi connectivity index (χ3n) is 7.61. The van der Waals surface area contributed by atoms with Crippen LogP contribution in [0.25, 0.3) is 5.69 Å². The first-order valence-electron chi connectivity index (χ1n) is 12.3. The molecule has 0 radical (unpaired) electrons. The van der Waals surface area contributed by atoms with Gasteiger partial charge in [-0.3, -0.25) is 14.4 Å². The Labute approximate surface area is 209 Å². The Morgan fingerprint density at radius 2 is 2.00 bits per heavy atom. The highest BCUT2D eigenvalue weighted by Crippen LogP contribution is 2.35. The van der Waals surface area contributed by atoms with Gasteiger partial charge in [-0.1, -0.05) is 11.6 Å². The molecule has 1 aromatic carbocycles. The maximum absolute atomic E-state index is 13.9. The van der Waals surface area contributed by atoms with Crippen molar-refractivity contribution >= 4 is 11.6 Å². The van der Waals surface area contributed by atoms with Crippen molar-refractivity contribution < 1.29 is 13.9 Å². The lowest BCUT2D eigenvalue weighted by atomic mass is 9.95. The Balaban J connectivity index is 1.25. The zero-order valence-electron chi connectivity index (χ0n) is 19.8. The summed E-state index contributed by atoms with van der Waals surface area (Å²) in [5.74, 6) is 2.19. The van der Waals surface area contributed by atoms with Crippen LogP contribution in [0.2, 0.25) is 5.02 Å². The molecule has 6 rings (SSSR count). The highest BCUT2D eigenvalue weighted by atomic mass is 35.5. The summed E-state index contributed by atoms with van der Waals surface area (Å²) in [4.78, 5) is 4.76. The number of hydrogen-bond donors (Lipinski definition) is 1. The summed E-state index contributed by atoms with van der Waals surface area (Å²) in [6.07, 6.45) is 6.04. The standard InChI is InChI=1S/C25H30ClFN6O2/c1-34-22-11-23(28-12-20(22)27)31-7-4-16(5-8-31)25-30-29-24-14-32(19-6-9-35-15-19)13-17-10-18(26)2-3-21(17)33(24)25/h2-3,10-12,16,19,23,28H,4-9,13-15H2,1H3/t19-,23?/m1/s1. The van der Waals surface area contributed by atoms with Crippen LogP contribution in [0.3, 0.4) is 0 Å². The van der Waals surface area contributed by atoms with Crippen molar-refractivity contribution in [3.8, 4) is 5.69 Å². The molecule has 0 bridgehead atoms. The van der Waals surface area contributed by atoms with E-state index >= 15 is 0 Å². The molecule has 0 spiro atoms. The maximum atomic E-state index is 13.9. The number of allylic oxidation sites excluding steroid dienone is 1. The second kappa shape index (κ2) is 9.54. The molecule has 2 atom stereocenters. The van der Waals surface area contributed by atoms with E-state index in [1.54, 1.807) is 6.08 Å². The lowest BCUT2D eigenvalue weighted by Gasteiger charge is -2.37. The lowest BCUT2D eigenvalue weighted by molar-refractivity contribution is 0.133. The van der Waals surface area contributed by atoms with Crippen LogP contribution in [0.5, 0.6) is 0 Å². The van der Waals surface area contributed by atoms with Crippen molar-refractivity contribution in [2.75, 3.05) is 33.4 Å². The summed E-state index contributed by atoms with van der Waals surface area (Å²) in [6, 6.07) is 6.50. The Hall–Kier alpha value is -2.46. The van der Waals surface area contributed by atoms with Gasteiger partial charge in [0.1, 0.15) is 12.0 Å². The molecule has 1 N–H and O–H groups in total. The van der Waals surface area contributed by atoms with Crippen LogP contribution in [0, 0.1) is 0 Å². The van der Waals surface area contributed by atoms with Gasteiger partial charge in [0.25, 0.3) is 0 Å². The largest absolute Gasteiger partial charge is 0.494 e. The summed E-state index contributed by atoms with van der Waals surface area (Å²) in [7, 11) is 1.50. The van der Waals surface area contributed by atoms with Crippen LogP contribution in [-0.2, 0) is 22.6 Å². The molecule has 1 unspecified atom stereocenters. The molecule has 186 valence electrons. The molecular formula is C25H30ClFN6O2. The van der Waals surface area contributed by atoms with E-state index in [2.05, 4.69) is 36.9 Å². The second-order valence-corrected chi connectivity index (χ2v) is 10.1. The number of aromatic nitrogens is 3. The van der Waals surface area contributed by atoms with Crippen molar-refractivity contribution in [3.63, 3.8) is 0 Å². The van der Waals surface area contributed by atoms with E-state index in [-0.39, 0.29) is 17.8 Å². The maximum Gasteiger partial charge on any atom is 0.180 e. The number of dihydropyridines is 1. The van der Waals surface area contributed by atoms with Gasteiger partial charge in [-0.05, 0) is 49.1 Å². The highest BCUT2D eigenvalue weighted by molar-refractivity contribution is 6.30. The number of likely N-dealkylation sites (tertiary alicyclic amines) is 1. The highest BCUT2D eigenvalue weighted by Gasteiger charge is 2.34. The number of nitrogens with one attached hydrogen (secondary N) is 1. The molecule has 5 heterocycles. The normalized spacial score (nSPS) is 25.8. The van der Waals surface area contributed by atoms with E-state index in [0.29, 0.717) is 12.0 Å². The molecule has 10 heteroatoms. The van der Waals surface area contributed by atoms with E-state index in [4.69, 9.17) is 26.2 Å². The van der Waals surface area contributed by atoms with Gasteiger partial charge in [0, 0.05) is 49.4 Å². The van der Waals surface area contributed by atoms with Gasteiger partial charge in [-0.25, -0.2) is 4.39 Å². The van der Waals surface area contributed by atoms with Crippen molar-refractivity contribution in [1.82, 2.24) is 29.9 Å².